The number of sulfone groups is 1. The summed E-state index contributed by atoms with van der Waals surface area (Å²) in [6.45, 7) is 0. The fraction of sp³-hybridized carbons (Fsp3) is 0.143. The van der Waals surface area contributed by atoms with Crippen LogP contribution in [-0.2, 0) is 9.84 Å². The molecule has 0 bridgehead atoms. The molecule has 0 spiro atoms. The lowest BCUT2D eigenvalue weighted by Gasteiger charge is -1.95. The van der Waals surface area contributed by atoms with Gasteiger partial charge in [-0.25, -0.2) is 13.4 Å². The van der Waals surface area contributed by atoms with Crippen LogP contribution in [0.4, 0.5) is 0 Å². The molecule has 5 heteroatoms. The highest BCUT2D eigenvalue weighted by Crippen LogP contribution is 2.07. The molecule has 12 heavy (non-hydrogen) atoms. The number of hydrogen-bond acceptors (Lipinski definition) is 4. The van der Waals surface area contributed by atoms with E-state index in [0.29, 0.717) is 0 Å². The zero-order valence-corrected chi connectivity index (χ0v) is 7.17. The number of nitrogens with zero attached hydrogens (tertiary/aromatic N) is 2. The van der Waals surface area contributed by atoms with Crippen molar-refractivity contribution in [2.24, 2.45) is 0 Å². The van der Waals surface area contributed by atoms with Gasteiger partial charge >= 0.3 is 0 Å². The molecule has 0 fully saturated rings. The van der Waals surface area contributed by atoms with Crippen LogP contribution in [0.1, 0.15) is 5.69 Å². The van der Waals surface area contributed by atoms with Gasteiger partial charge < -0.3 is 0 Å². The smallest absolute Gasteiger partial charge is 0.175 e. The van der Waals surface area contributed by atoms with Crippen LogP contribution in [0.15, 0.2) is 23.2 Å². The highest BCUT2D eigenvalue weighted by molar-refractivity contribution is 7.90. The van der Waals surface area contributed by atoms with Gasteiger partial charge in [-0.05, 0) is 12.1 Å². The predicted molar refractivity (Wildman–Crippen MR) is 42.1 cm³/mol. The molecule has 0 amide bonds. The first-order valence-electron chi connectivity index (χ1n) is 3.10. The highest BCUT2D eigenvalue weighted by atomic mass is 32.2. The molecule has 0 saturated heterocycles. The summed E-state index contributed by atoms with van der Waals surface area (Å²) < 4.78 is 21.9. The van der Waals surface area contributed by atoms with Gasteiger partial charge in [-0.3, -0.25) is 0 Å². The Balaban J connectivity index is 3.32. The standard InChI is InChI=1S/C7H6N2O2S/c1-12(10,11)7-2-3-9-6(4-7)5-8/h2-4H,1H3. The minimum Gasteiger partial charge on any atom is -0.245 e. The van der Waals surface area contributed by atoms with Crippen LogP contribution in [0.3, 0.4) is 0 Å². The summed E-state index contributed by atoms with van der Waals surface area (Å²) in [5.74, 6) is 0. The molecule has 0 radical (unpaired) electrons. The normalized spacial score (nSPS) is 10.7. The van der Waals surface area contributed by atoms with Gasteiger partial charge in [0.05, 0.1) is 4.90 Å². The lowest BCUT2D eigenvalue weighted by molar-refractivity contribution is 0.601. The predicted octanol–water partition coefficient (Wildman–Crippen LogP) is 0.357. The molecule has 1 aromatic rings. The first kappa shape index (κ1) is 8.68. The molecule has 0 unspecified atom stereocenters. The van der Waals surface area contributed by atoms with Crippen LogP contribution < -0.4 is 0 Å². The fourth-order valence-corrected chi connectivity index (χ4v) is 1.34. The van der Waals surface area contributed by atoms with Gasteiger partial charge in [-0.1, -0.05) is 0 Å². The first-order valence-corrected chi connectivity index (χ1v) is 4.99. The van der Waals surface area contributed by atoms with E-state index in [1.165, 1.54) is 18.3 Å². The van der Waals surface area contributed by atoms with Gasteiger partial charge in [0.1, 0.15) is 11.8 Å². The molecule has 0 N–H and O–H groups in total. The zero-order chi connectivity index (χ0) is 9.19. The van der Waals surface area contributed by atoms with Gasteiger partial charge in [0, 0.05) is 12.5 Å². The summed E-state index contributed by atoms with van der Waals surface area (Å²) in [6, 6.07) is 4.37. The Morgan fingerprint density at radius 1 is 1.58 bits per heavy atom. The molecule has 0 aliphatic carbocycles. The van der Waals surface area contributed by atoms with E-state index in [0.717, 1.165) is 6.26 Å². The van der Waals surface area contributed by atoms with Gasteiger partial charge in [0.15, 0.2) is 9.84 Å². The van der Waals surface area contributed by atoms with Gasteiger partial charge in [0.2, 0.25) is 0 Å². The molecule has 0 atom stereocenters. The van der Waals surface area contributed by atoms with E-state index < -0.39 is 9.84 Å². The van der Waals surface area contributed by atoms with Crippen molar-refractivity contribution in [2.45, 2.75) is 4.90 Å². The number of rotatable bonds is 1. The van der Waals surface area contributed by atoms with Crippen molar-refractivity contribution in [1.82, 2.24) is 4.98 Å². The summed E-state index contributed by atoms with van der Waals surface area (Å²) in [5.41, 5.74) is 0.109. The maximum Gasteiger partial charge on any atom is 0.175 e. The van der Waals surface area contributed by atoms with Crippen molar-refractivity contribution in [3.63, 3.8) is 0 Å². The summed E-state index contributed by atoms with van der Waals surface area (Å²) >= 11 is 0. The highest BCUT2D eigenvalue weighted by Gasteiger charge is 2.06. The van der Waals surface area contributed by atoms with Crippen LogP contribution in [0.25, 0.3) is 0 Å². The second-order valence-electron chi connectivity index (χ2n) is 2.26. The number of nitriles is 1. The fourth-order valence-electron chi connectivity index (χ4n) is 0.703. The summed E-state index contributed by atoms with van der Waals surface area (Å²) in [6.07, 6.45) is 2.39. The number of hydrogen-bond donors (Lipinski definition) is 0. The quantitative estimate of drug-likeness (QED) is 0.628. The summed E-state index contributed by atoms with van der Waals surface area (Å²) in [7, 11) is -3.23. The van der Waals surface area contributed by atoms with Crippen molar-refractivity contribution in [3.05, 3.63) is 24.0 Å². The lowest BCUT2D eigenvalue weighted by atomic mass is 10.4. The Kier molecular flexibility index (Phi) is 2.11. The molecular formula is C7H6N2O2S. The molecule has 4 nitrogen and oxygen atoms in total. The van der Waals surface area contributed by atoms with E-state index in [2.05, 4.69) is 4.98 Å². The maximum atomic E-state index is 11.0. The van der Waals surface area contributed by atoms with E-state index in [9.17, 15) is 8.42 Å². The lowest BCUT2D eigenvalue weighted by Crippen LogP contribution is -1.97. The van der Waals surface area contributed by atoms with Crippen LogP contribution in [0.5, 0.6) is 0 Å². The molecule has 0 aliphatic rings. The second-order valence-corrected chi connectivity index (χ2v) is 4.28. The molecule has 1 rings (SSSR count). The third-order valence-electron chi connectivity index (χ3n) is 1.27. The Labute approximate surface area is 70.4 Å². The number of pyridine rings is 1. The van der Waals surface area contributed by atoms with E-state index in [1.54, 1.807) is 6.07 Å². The van der Waals surface area contributed by atoms with Crippen LogP contribution >= 0.6 is 0 Å². The molecular weight excluding hydrogens is 176 g/mol. The van der Waals surface area contributed by atoms with Gasteiger partial charge in [0.25, 0.3) is 0 Å². The van der Waals surface area contributed by atoms with Crippen LogP contribution in [-0.4, -0.2) is 19.7 Å². The molecule has 0 aromatic carbocycles. The largest absolute Gasteiger partial charge is 0.245 e. The van der Waals surface area contributed by atoms with Gasteiger partial charge in [-0.15, -0.1) is 0 Å². The third-order valence-corrected chi connectivity index (χ3v) is 2.38. The van der Waals surface area contributed by atoms with Crippen molar-refractivity contribution in [2.75, 3.05) is 6.26 Å². The van der Waals surface area contributed by atoms with Crippen molar-refractivity contribution in [1.29, 1.82) is 5.26 Å². The Hall–Kier alpha value is -1.41. The molecule has 1 aromatic heterocycles. The van der Waals surface area contributed by atoms with Gasteiger partial charge in [-0.2, -0.15) is 5.26 Å². The van der Waals surface area contributed by atoms with Crippen LogP contribution in [0.2, 0.25) is 0 Å². The summed E-state index contributed by atoms with van der Waals surface area (Å²) in [4.78, 5) is 3.77. The van der Waals surface area contributed by atoms with E-state index in [-0.39, 0.29) is 10.6 Å². The molecule has 1 heterocycles. The minimum absolute atomic E-state index is 0.109. The first-order chi connectivity index (χ1) is 5.54. The molecule has 0 aliphatic heterocycles. The Bertz CT molecular complexity index is 431. The van der Waals surface area contributed by atoms with Crippen molar-refractivity contribution in [3.8, 4) is 6.07 Å². The Morgan fingerprint density at radius 3 is 2.75 bits per heavy atom. The van der Waals surface area contributed by atoms with Crippen molar-refractivity contribution >= 4 is 9.84 Å². The third kappa shape index (κ3) is 1.80. The summed E-state index contributed by atoms with van der Waals surface area (Å²) in [5, 5.41) is 8.42. The average molecular weight is 182 g/mol. The minimum atomic E-state index is -3.23. The molecule has 62 valence electrons. The SMILES string of the molecule is CS(=O)(=O)c1ccnc(C#N)c1. The van der Waals surface area contributed by atoms with E-state index >= 15 is 0 Å². The number of aromatic nitrogens is 1. The van der Waals surface area contributed by atoms with Crippen molar-refractivity contribution < 1.29 is 8.42 Å². The van der Waals surface area contributed by atoms with E-state index in [1.807, 2.05) is 0 Å². The van der Waals surface area contributed by atoms with E-state index in [4.69, 9.17) is 5.26 Å². The second kappa shape index (κ2) is 2.91. The monoisotopic (exact) mass is 182 g/mol. The molecule has 0 saturated carbocycles. The maximum absolute atomic E-state index is 11.0. The van der Waals surface area contributed by atoms with Crippen LogP contribution in [0, 0.1) is 11.3 Å². The topological polar surface area (TPSA) is 70.8 Å². The zero-order valence-electron chi connectivity index (χ0n) is 6.35. The average Bonchev–Trinajstić information content (AvgIpc) is 2.03. The Morgan fingerprint density at radius 2 is 2.25 bits per heavy atom.